The fourth-order valence-corrected chi connectivity index (χ4v) is 2.93. The first-order valence-corrected chi connectivity index (χ1v) is 7.92. The van der Waals surface area contributed by atoms with Crippen molar-refractivity contribution in [2.24, 2.45) is 0 Å². The third-order valence-electron chi connectivity index (χ3n) is 4.20. The highest BCUT2D eigenvalue weighted by molar-refractivity contribution is 5.94. The van der Waals surface area contributed by atoms with E-state index in [4.69, 9.17) is 4.74 Å². The molecule has 2 aromatic carbocycles. The van der Waals surface area contributed by atoms with E-state index >= 15 is 0 Å². The van der Waals surface area contributed by atoms with Gasteiger partial charge in [-0.1, -0.05) is 18.2 Å². The number of nitrogens with zero attached hydrogens (tertiary/aromatic N) is 2. The Balaban J connectivity index is 1.51. The summed E-state index contributed by atoms with van der Waals surface area (Å²) in [6, 6.07) is 15.3. The highest BCUT2D eigenvalue weighted by atomic mass is 16.5. The summed E-state index contributed by atoms with van der Waals surface area (Å²) >= 11 is 0. The number of aromatic nitrogens is 2. The molecule has 3 aromatic rings. The number of imidazole rings is 1. The number of fused-ring (bicyclic) bond motifs is 1. The predicted molar refractivity (Wildman–Crippen MR) is 90.3 cm³/mol. The number of hydrogen-bond donors (Lipinski definition) is 1. The third kappa shape index (κ3) is 2.76. The van der Waals surface area contributed by atoms with Gasteiger partial charge < -0.3 is 14.6 Å². The maximum atomic E-state index is 12.5. The Morgan fingerprint density at radius 3 is 2.79 bits per heavy atom. The molecule has 5 heteroatoms. The van der Waals surface area contributed by atoms with Crippen LogP contribution in [0.15, 0.2) is 67.3 Å². The molecule has 1 atom stereocenters. The van der Waals surface area contributed by atoms with Crippen LogP contribution in [0.25, 0.3) is 5.69 Å². The van der Waals surface area contributed by atoms with E-state index in [2.05, 4.69) is 10.3 Å². The number of hydrogen-bond acceptors (Lipinski definition) is 3. The number of benzene rings is 2. The number of para-hydroxylation sites is 1. The van der Waals surface area contributed by atoms with Gasteiger partial charge in [0.25, 0.3) is 5.91 Å². The van der Waals surface area contributed by atoms with Gasteiger partial charge in [-0.15, -0.1) is 0 Å². The van der Waals surface area contributed by atoms with Gasteiger partial charge >= 0.3 is 0 Å². The van der Waals surface area contributed by atoms with Gasteiger partial charge in [-0.2, -0.15) is 0 Å². The Morgan fingerprint density at radius 2 is 2.00 bits per heavy atom. The summed E-state index contributed by atoms with van der Waals surface area (Å²) < 4.78 is 7.54. The molecule has 0 saturated heterocycles. The summed E-state index contributed by atoms with van der Waals surface area (Å²) in [4.78, 5) is 16.6. The average Bonchev–Trinajstić information content (AvgIpc) is 3.17. The smallest absolute Gasteiger partial charge is 0.251 e. The number of nitrogens with one attached hydrogen (secondary N) is 1. The lowest BCUT2D eigenvalue weighted by atomic mass is 10.00. The molecule has 1 aliphatic heterocycles. The second kappa shape index (κ2) is 6.20. The van der Waals surface area contributed by atoms with E-state index in [0.717, 1.165) is 23.4 Å². The van der Waals surface area contributed by atoms with Crippen LogP contribution in [-0.4, -0.2) is 22.1 Å². The Morgan fingerprint density at radius 1 is 1.17 bits per heavy atom. The fourth-order valence-electron chi connectivity index (χ4n) is 2.93. The minimum Gasteiger partial charge on any atom is -0.493 e. The summed E-state index contributed by atoms with van der Waals surface area (Å²) in [5.74, 6) is 0.776. The van der Waals surface area contributed by atoms with E-state index < -0.39 is 0 Å². The molecule has 0 unspecified atom stereocenters. The van der Waals surface area contributed by atoms with Gasteiger partial charge in [0, 0.05) is 35.6 Å². The van der Waals surface area contributed by atoms with E-state index in [-0.39, 0.29) is 11.9 Å². The Bertz CT molecular complexity index is 841. The second-order valence-electron chi connectivity index (χ2n) is 5.72. The van der Waals surface area contributed by atoms with E-state index in [0.29, 0.717) is 12.2 Å². The number of carbonyl (C=O) groups is 1. The summed E-state index contributed by atoms with van der Waals surface area (Å²) in [5, 5.41) is 3.11. The average molecular weight is 319 g/mol. The van der Waals surface area contributed by atoms with Crippen molar-refractivity contribution in [1.82, 2.24) is 14.9 Å². The van der Waals surface area contributed by atoms with E-state index in [1.807, 2.05) is 59.3 Å². The number of ether oxygens (including phenoxy) is 1. The van der Waals surface area contributed by atoms with Gasteiger partial charge in [-0.25, -0.2) is 4.98 Å². The van der Waals surface area contributed by atoms with Gasteiger partial charge in [0.2, 0.25) is 0 Å². The van der Waals surface area contributed by atoms with Crippen LogP contribution >= 0.6 is 0 Å². The molecule has 0 aliphatic carbocycles. The monoisotopic (exact) mass is 319 g/mol. The van der Waals surface area contributed by atoms with Crippen molar-refractivity contribution in [3.63, 3.8) is 0 Å². The van der Waals surface area contributed by atoms with Crippen molar-refractivity contribution in [3.05, 3.63) is 78.4 Å². The van der Waals surface area contributed by atoms with Crippen molar-refractivity contribution in [1.29, 1.82) is 0 Å². The molecule has 0 saturated carbocycles. The van der Waals surface area contributed by atoms with Crippen LogP contribution in [0.4, 0.5) is 0 Å². The molecule has 4 rings (SSSR count). The van der Waals surface area contributed by atoms with Gasteiger partial charge in [0.1, 0.15) is 5.75 Å². The van der Waals surface area contributed by atoms with E-state index in [9.17, 15) is 4.79 Å². The maximum absolute atomic E-state index is 12.5. The minimum atomic E-state index is -0.0751. The van der Waals surface area contributed by atoms with Crippen molar-refractivity contribution < 1.29 is 9.53 Å². The zero-order valence-corrected chi connectivity index (χ0v) is 13.1. The van der Waals surface area contributed by atoms with Crippen LogP contribution in [0.3, 0.4) is 0 Å². The first-order chi connectivity index (χ1) is 11.8. The fraction of sp³-hybridized carbons (Fsp3) is 0.158. The first-order valence-electron chi connectivity index (χ1n) is 7.92. The lowest BCUT2D eigenvalue weighted by Crippen LogP contribution is -2.32. The standard InChI is InChI=1S/C19H17N3O2/c23-19(14-5-7-15(8-6-14)22-11-10-20-13-22)21-17-9-12-24-18-4-2-1-3-16(17)18/h1-8,10-11,13,17H,9,12H2,(H,21,23)/t17-/m1/s1. The van der Waals surface area contributed by atoms with Crippen LogP contribution in [0.1, 0.15) is 28.4 Å². The van der Waals surface area contributed by atoms with E-state index in [1.54, 1.807) is 12.5 Å². The molecule has 0 fully saturated rings. The zero-order valence-electron chi connectivity index (χ0n) is 13.1. The molecule has 0 radical (unpaired) electrons. The van der Waals surface area contributed by atoms with Crippen molar-refractivity contribution >= 4 is 5.91 Å². The molecule has 0 bridgehead atoms. The molecule has 1 aliphatic rings. The Hall–Kier alpha value is -3.08. The van der Waals surface area contributed by atoms with Crippen LogP contribution in [0.2, 0.25) is 0 Å². The molecular formula is C19H17N3O2. The van der Waals surface area contributed by atoms with Crippen LogP contribution < -0.4 is 10.1 Å². The predicted octanol–water partition coefficient (Wildman–Crippen LogP) is 3.13. The van der Waals surface area contributed by atoms with E-state index in [1.165, 1.54) is 0 Å². The number of rotatable bonds is 3. The zero-order chi connectivity index (χ0) is 16.4. The van der Waals surface area contributed by atoms with Gasteiger partial charge in [-0.05, 0) is 30.3 Å². The van der Waals surface area contributed by atoms with Crippen molar-refractivity contribution in [2.75, 3.05) is 6.61 Å². The SMILES string of the molecule is O=C(N[C@@H]1CCOc2ccccc21)c1ccc(-n2ccnc2)cc1. The Kier molecular flexibility index (Phi) is 3.75. The minimum absolute atomic E-state index is 0.0178. The highest BCUT2D eigenvalue weighted by Crippen LogP contribution is 2.31. The van der Waals surface area contributed by atoms with Crippen molar-refractivity contribution in [2.45, 2.75) is 12.5 Å². The molecule has 5 nitrogen and oxygen atoms in total. The largest absolute Gasteiger partial charge is 0.493 e. The molecular weight excluding hydrogens is 302 g/mol. The van der Waals surface area contributed by atoms with Crippen LogP contribution in [-0.2, 0) is 0 Å². The maximum Gasteiger partial charge on any atom is 0.251 e. The van der Waals surface area contributed by atoms with Crippen molar-refractivity contribution in [3.8, 4) is 11.4 Å². The van der Waals surface area contributed by atoms with Gasteiger partial charge in [0.05, 0.1) is 19.0 Å². The molecule has 1 N–H and O–H groups in total. The van der Waals surface area contributed by atoms with Crippen LogP contribution in [0.5, 0.6) is 5.75 Å². The number of carbonyl (C=O) groups excluding carboxylic acids is 1. The Labute approximate surface area is 139 Å². The third-order valence-corrected chi connectivity index (χ3v) is 4.20. The second-order valence-corrected chi connectivity index (χ2v) is 5.72. The topological polar surface area (TPSA) is 56.1 Å². The summed E-state index contributed by atoms with van der Waals surface area (Å²) in [6.07, 6.45) is 6.10. The molecule has 0 spiro atoms. The number of amides is 1. The summed E-state index contributed by atoms with van der Waals surface area (Å²) in [6.45, 7) is 0.613. The lowest BCUT2D eigenvalue weighted by molar-refractivity contribution is 0.0925. The normalized spacial score (nSPS) is 16.1. The van der Waals surface area contributed by atoms with Gasteiger partial charge in [-0.3, -0.25) is 4.79 Å². The lowest BCUT2D eigenvalue weighted by Gasteiger charge is -2.26. The molecule has 24 heavy (non-hydrogen) atoms. The molecule has 1 amide bonds. The molecule has 1 aromatic heterocycles. The summed E-state index contributed by atoms with van der Waals surface area (Å²) in [7, 11) is 0. The molecule has 2 heterocycles. The summed E-state index contributed by atoms with van der Waals surface area (Å²) in [5.41, 5.74) is 2.65. The molecule has 120 valence electrons. The highest BCUT2D eigenvalue weighted by Gasteiger charge is 2.22. The first kappa shape index (κ1) is 14.5. The quantitative estimate of drug-likeness (QED) is 0.807. The van der Waals surface area contributed by atoms with Crippen LogP contribution in [0, 0.1) is 0 Å². The van der Waals surface area contributed by atoms with Gasteiger partial charge in [0.15, 0.2) is 0 Å².